The molecule has 0 unspecified atom stereocenters. The van der Waals surface area contributed by atoms with Crippen LogP contribution in [-0.2, 0) is 5.75 Å². The smallest absolute Gasteiger partial charge is 0.126 e. The molecular weight excluding hydrogens is 216 g/mol. The van der Waals surface area contributed by atoms with Crippen LogP contribution >= 0.6 is 23.4 Å². The Kier molecular flexibility index (Phi) is 4.55. The third kappa shape index (κ3) is 3.39. The van der Waals surface area contributed by atoms with Gasteiger partial charge in [0.1, 0.15) is 5.82 Å². The molecule has 1 rings (SSSR count). The first-order valence-corrected chi connectivity index (χ1v) is 6.01. The van der Waals surface area contributed by atoms with E-state index >= 15 is 0 Å². The number of aromatic nitrogens is 1. The molecule has 0 atom stereocenters. The van der Waals surface area contributed by atoms with Gasteiger partial charge in [-0.05, 0) is 17.4 Å². The molecule has 0 aliphatic heterocycles. The third-order valence-electron chi connectivity index (χ3n) is 1.73. The Morgan fingerprint density at radius 3 is 2.79 bits per heavy atom. The normalized spacial score (nSPS) is 10.6. The van der Waals surface area contributed by atoms with Gasteiger partial charge in [-0.25, -0.2) is 4.98 Å². The molecule has 78 valence electrons. The Labute approximate surface area is 94.5 Å². The summed E-state index contributed by atoms with van der Waals surface area (Å²) in [6.07, 6.45) is 0. The number of thioether (sulfide) groups is 1. The maximum atomic E-state index is 6.03. The zero-order valence-electron chi connectivity index (χ0n) is 8.67. The van der Waals surface area contributed by atoms with Gasteiger partial charge in [0.25, 0.3) is 0 Å². The van der Waals surface area contributed by atoms with Crippen molar-refractivity contribution in [3.8, 4) is 0 Å². The van der Waals surface area contributed by atoms with Crippen LogP contribution in [0.15, 0.2) is 12.1 Å². The highest BCUT2D eigenvalue weighted by Gasteiger charge is 2.04. The van der Waals surface area contributed by atoms with E-state index in [0.717, 1.165) is 22.3 Å². The number of anilines is 1. The van der Waals surface area contributed by atoms with E-state index in [2.05, 4.69) is 24.1 Å². The number of nitrogens with one attached hydrogen (secondary N) is 1. The van der Waals surface area contributed by atoms with Crippen LogP contribution < -0.4 is 5.32 Å². The van der Waals surface area contributed by atoms with Crippen LogP contribution in [0, 0.1) is 0 Å². The summed E-state index contributed by atoms with van der Waals surface area (Å²) in [5.74, 6) is 1.74. The molecule has 0 spiro atoms. The van der Waals surface area contributed by atoms with Gasteiger partial charge in [-0.1, -0.05) is 25.4 Å². The first-order valence-electron chi connectivity index (χ1n) is 4.58. The van der Waals surface area contributed by atoms with E-state index in [0.29, 0.717) is 5.25 Å². The Morgan fingerprint density at radius 2 is 2.21 bits per heavy atom. The fourth-order valence-corrected chi connectivity index (χ4v) is 1.93. The van der Waals surface area contributed by atoms with Crippen LogP contribution in [0.3, 0.4) is 0 Å². The van der Waals surface area contributed by atoms with Crippen LogP contribution in [0.1, 0.15) is 19.5 Å². The lowest BCUT2D eigenvalue weighted by Gasteiger charge is -2.07. The van der Waals surface area contributed by atoms with Crippen molar-refractivity contribution in [1.82, 2.24) is 4.98 Å². The molecule has 2 nitrogen and oxygen atoms in total. The maximum absolute atomic E-state index is 6.03. The SMILES string of the molecule is CNc1ccc(Cl)c(CSC(C)C)n1. The summed E-state index contributed by atoms with van der Waals surface area (Å²) in [7, 11) is 1.86. The summed E-state index contributed by atoms with van der Waals surface area (Å²) in [6.45, 7) is 4.33. The topological polar surface area (TPSA) is 24.9 Å². The molecule has 4 heteroatoms. The van der Waals surface area contributed by atoms with Crippen molar-refractivity contribution in [2.24, 2.45) is 0 Å². The minimum atomic E-state index is 0.603. The van der Waals surface area contributed by atoms with E-state index in [-0.39, 0.29) is 0 Å². The van der Waals surface area contributed by atoms with Crippen molar-refractivity contribution in [3.05, 3.63) is 22.8 Å². The monoisotopic (exact) mass is 230 g/mol. The number of hydrogen-bond donors (Lipinski definition) is 1. The first-order chi connectivity index (χ1) is 6.63. The predicted octanol–water partition coefficient (Wildman–Crippen LogP) is 3.42. The highest BCUT2D eigenvalue weighted by molar-refractivity contribution is 7.99. The predicted molar refractivity (Wildman–Crippen MR) is 65.2 cm³/mol. The molecule has 0 saturated carbocycles. The van der Waals surface area contributed by atoms with Crippen molar-refractivity contribution in [2.45, 2.75) is 24.9 Å². The molecule has 0 aliphatic carbocycles. The average Bonchev–Trinajstić information content (AvgIpc) is 2.16. The lowest BCUT2D eigenvalue weighted by molar-refractivity contribution is 1.09. The molecule has 1 N–H and O–H groups in total. The van der Waals surface area contributed by atoms with E-state index in [1.54, 1.807) is 0 Å². The lowest BCUT2D eigenvalue weighted by atomic mass is 10.3. The minimum absolute atomic E-state index is 0.603. The quantitative estimate of drug-likeness (QED) is 0.858. The van der Waals surface area contributed by atoms with E-state index in [1.165, 1.54) is 0 Å². The van der Waals surface area contributed by atoms with Gasteiger partial charge in [0, 0.05) is 12.8 Å². The van der Waals surface area contributed by atoms with Crippen LogP contribution in [0.2, 0.25) is 5.02 Å². The number of pyridine rings is 1. The molecule has 0 aromatic carbocycles. The second kappa shape index (κ2) is 5.47. The summed E-state index contributed by atoms with van der Waals surface area (Å²) >= 11 is 7.88. The van der Waals surface area contributed by atoms with Crippen LogP contribution in [-0.4, -0.2) is 17.3 Å². The van der Waals surface area contributed by atoms with E-state index in [4.69, 9.17) is 11.6 Å². The number of nitrogens with zero attached hydrogens (tertiary/aromatic N) is 1. The zero-order valence-corrected chi connectivity index (χ0v) is 10.2. The van der Waals surface area contributed by atoms with Gasteiger partial charge in [0.15, 0.2) is 0 Å². The fraction of sp³-hybridized carbons (Fsp3) is 0.500. The molecule has 0 saturated heterocycles. The molecule has 0 bridgehead atoms. The molecule has 0 radical (unpaired) electrons. The molecule has 0 aliphatic rings. The van der Waals surface area contributed by atoms with Gasteiger partial charge in [0.05, 0.1) is 10.7 Å². The molecule has 1 heterocycles. The van der Waals surface area contributed by atoms with Crippen molar-refractivity contribution in [2.75, 3.05) is 12.4 Å². The van der Waals surface area contributed by atoms with Gasteiger partial charge in [-0.3, -0.25) is 0 Å². The van der Waals surface area contributed by atoms with Crippen molar-refractivity contribution < 1.29 is 0 Å². The zero-order chi connectivity index (χ0) is 10.6. The standard InChI is InChI=1S/C10H15ClN2S/c1-7(2)14-6-9-8(11)4-5-10(12-3)13-9/h4-5,7H,6H2,1-3H3,(H,12,13). The van der Waals surface area contributed by atoms with Gasteiger partial charge >= 0.3 is 0 Å². The Morgan fingerprint density at radius 1 is 1.50 bits per heavy atom. The maximum Gasteiger partial charge on any atom is 0.126 e. The molecule has 14 heavy (non-hydrogen) atoms. The second-order valence-corrected chi connectivity index (χ2v) is 5.21. The second-order valence-electron chi connectivity index (χ2n) is 3.23. The highest BCUT2D eigenvalue weighted by Crippen LogP contribution is 2.23. The third-order valence-corrected chi connectivity index (χ3v) is 3.18. The number of hydrogen-bond acceptors (Lipinski definition) is 3. The van der Waals surface area contributed by atoms with Crippen LogP contribution in [0.4, 0.5) is 5.82 Å². The Balaban J connectivity index is 2.73. The van der Waals surface area contributed by atoms with Gasteiger partial charge in [0.2, 0.25) is 0 Å². The fourth-order valence-electron chi connectivity index (χ4n) is 0.970. The van der Waals surface area contributed by atoms with Crippen LogP contribution in [0.5, 0.6) is 0 Å². The summed E-state index contributed by atoms with van der Waals surface area (Å²) in [6, 6.07) is 3.77. The number of halogens is 1. The van der Waals surface area contributed by atoms with E-state index in [9.17, 15) is 0 Å². The van der Waals surface area contributed by atoms with E-state index < -0.39 is 0 Å². The summed E-state index contributed by atoms with van der Waals surface area (Å²) in [4.78, 5) is 4.40. The van der Waals surface area contributed by atoms with Crippen molar-refractivity contribution in [1.29, 1.82) is 0 Å². The number of rotatable bonds is 4. The van der Waals surface area contributed by atoms with E-state index in [1.807, 2.05) is 30.9 Å². The molecular formula is C10H15ClN2S. The Hall–Kier alpha value is -0.410. The van der Waals surface area contributed by atoms with Gasteiger partial charge in [-0.2, -0.15) is 11.8 Å². The van der Waals surface area contributed by atoms with Crippen molar-refractivity contribution >= 4 is 29.2 Å². The molecule has 1 aromatic rings. The minimum Gasteiger partial charge on any atom is -0.373 e. The largest absolute Gasteiger partial charge is 0.373 e. The highest BCUT2D eigenvalue weighted by atomic mass is 35.5. The Bertz CT molecular complexity index is 302. The van der Waals surface area contributed by atoms with Gasteiger partial charge < -0.3 is 5.32 Å². The summed E-state index contributed by atoms with van der Waals surface area (Å²) < 4.78 is 0. The molecule has 0 amide bonds. The van der Waals surface area contributed by atoms with Gasteiger partial charge in [-0.15, -0.1) is 0 Å². The van der Waals surface area contributed by atoms with Crippen molar-refractivity contribution in [3.63, 3.8) is 0 Å². The first kappa shape index (κ1) is 11.7. The lowest BCUT2D eigenvalue weighted by Crippen LogP contribution is -1.97. The van der Waals surface area contributed by atoms with Crippen LogP contribution in [0.25, 0.3) is 0 Å². The average molecular weight is 231 g/mol. The molecule has 1 aromatic heterocycles. The molecule has 0 fully saturated rings. The summed E-state index contributed by atoms with van der Waals surface area (Å²) in [5, 5.41) is 4.35. The summed E-state index contributed by atoms with van der Waals surface area (Å²) in [5.41, 5.74) is 0.956.